The van der Waals surface area contributed by atoms with Crippen LogP contribution < -0.4 is 4.31 Å². The van der Waals surface area contributed by atoms with Crippen molar-refractivity contribution < 1.29 is 9.00 Å². The molecular weight excluding hydrogens is 258 g/mol. The van der Waals surface area contributed by atoms with Crippen molar-refractivity contribution in [3.8, 4) is 0 Å². The zero-order chi connectivity index (χ0) is 14.6. The third-order valence-electron chi connectivity index (χ3n) is 3.09. The molecule has 3 nitrogen and oxygen atoms in total. The monoisotopic (exact) mass is 281 g/mol. The van der Waals surface area contributed by atoms with Gasteiger partial charge < -0.3 is 0 Å². The number of carbonyl (C=O) groups is 1. The fourth-order valence-corrected chi connectivity index (χ4v) is 3.55. The molecule has 1 unspecified atom stereocenters. The quantitative estimate of drug-likeness (QED) is 0.803. The van der Waals surface area contributed by atoms with Gasteiger partial charge in [0, 0.05) is 18.2 Å². The molecule has 1 rings (SSSR count). The number of carbonyl (C=O) groups excluding carboxylic acids is 1. The Kier molecular flexibility index (Phi) is 5.29. The first-order chi connectivity index (χ1) is 8.82. The summed E-state index contributed by atoms with van der Waals surface area (Å²) >= 11 is 0. The number of Topliss-reactive ketones (excluding diaryl/α,β-unsaturated/α-hetero) is 1. The highest BCUT2D eigenvalue weighted by molar-refractivity contribution is 7.88. The lowest BCUT2D eigenvalue weighted by Crippen LogP contribution is -2.47. The van der Waals surface area contributed by atoms with E-state index in [0.717, 1.165) is 5.69 Å². The number of anilines is 1. The van der Waals surface area contributed by atoms with E-state index in [-0.39, 0.29) is 11.7 Å². The van der Waals surface area contributed by atoms with Gasteiger partial charge in [-0.15, -0.1) is 0 Å². The van der Waals surface area contributed by atoms with Gasteiger partial charge in [-0.2, -0.15) is 0 Å². The maximum atomic E-state index is 12.8. The van der Waals surface area contributed by atoms with Gasteiger partial charge >= 0.3 is 0 Å². The second kappa shape index (κ2) is 6.33. The van der Waals surface area contributed by atoms with Gasteiger partial charge in [0.15, 0.2) is 5.78 Å². The van der Waals surface area contributed by atoms with Crippen LogP contribution in [0.3, 0.4) is 0 Å². The van der Waals surface area contributed by atoms with Crippen molar-refractivity contribution >= 4 is 22.5 Å². The maximum absolute atomic E-state index is 12.8. The molecule has 0 bridgehead atoms. The predicted octanol–water partition coefficient (Wildman–Crippen LogP) is 3.18. The molecule has 0 saturated heterocycles. The van der Waals surface area contributed by atoms with Gasteiger partial charge in [0.1, 0.15) is 15.7 Å². The fraction of sp³-hybridized carbons (Fsp3) is 0.533. The van der Waals surface area contributed by atoms with Gasteiger partial charge in [-0.05, 0) is 32.9 Å². The van der Waals surface area contributed by atoms with E-state index in [4.69, 9.17) is 0 Å². The number of hydrogen-bond donors (Lipinski definition) is 0. The molecular formula is C15H23NO2S. The summed E-state index contributed by atoms with van der Waals surface area (Å²) in [5, 5.41) is 0. The molecule has 0 radical (unpaired) electrons. The Hall–Kier alpha value is -1.16. The molecule has 1 atom stereocenters. The largest absolute Gasteiger partial charge is 0.298 e. The van der Waals surface area contributed by atoms with Crippen molar-refractivity contribution in [2.45, 2.75) is 39.4 Å². The van der Waals surface area contributed by atoms with E-state index in [9.17, 15) is 9.00 Å². The van der Waals surface area contributed by atoms with Crippen LogP contribution in [-0.2, 0) is 15.8 Å². The highest BCUT2D eigenvalue weighted by Crippen LogP contribution is 2.26. The SMILES string of the molecule is CCN(c1ccccc1)S(=O)C(C)(C)C(=O)C(C)C. The van der Waals surface area contributed by atoms with E-state index < -0.39 is 15.7 Å². The molecule has 0 fully saturated rings. The summed E-state index contributed by atoms with van der Waals surface area (Å²) in [6.45, 7) is 9.76. The Labute approximate surface area is 118 Å². The minimum absolute atomic E-state index is 0.0280. The van der Waals surface area contributed by atoms with Gasteiger partial charge in [-0.3, -0.25) is 9.10 Å². The number of rotatable bonds is 6. The second-order valence-electron chi connectivity index (χ2n) is 5.31. The second-order valence-corrected chi connectivity index (χ2v) is 7.27. The molecule has 0 amide bonds. The molecule has 0 aliphatic carbocycles. The Morgan fingerprint density at radius 3 is 2.21 bits per heavy atom. The van der Waals surface area contributed by atoms with Crippen LogP contribution in [0.25, 0.3) is 0 Å². The third-order valence-corrected chi connectivity index (χ3v) is 5.03. The number of para-hydroxylation sites is 1. The van der Waals surface area contributed by atoms with Crippen LogP contribution >= 0.6 is 0 Å². The van der Waals surface area contributed by atoms with Crippen LogP contribution in [0.2, 0.25) is 0 Å². The molecule has 0 aliphatic heterocycles. The summed E-state index contributed by atoms with van der Waals surface area (Å²) in [6.07, 6.45) is 0. The summed E-state index contributed by atoms with van der Waals surface area (Å²) in [5.74, 6) is -0.0892. The minimum atomic E-state index is -1.39. The Morgan fingerprint density at radius 2 is 1.79 bits per heavy atom. The van der Waals surface area contributed by atoms with Crippen molar-refractivity contribution in [2.75, 3.05) is 10.8 Å². The first-order valence-electron chi connectivity index (χ1n) is 6.61. The van der Waals surface area contributed by atoms with Gasteiger partial charge in [-0.1, -0.05) is 32.0 Å². The van der Waals surface area contributed by atoms with E-state index in [1.54, 1.807) is 18.2 Å². The summed E-state index contributed by atoms with van der Waals surface area (Å²) < 4.78 is 13.7. The molecule has 0 aliphatic rings. The molecule has 0 heterocycles. The molecule has 4 heteroatoms. The van der Waals surface area contributed by atoms with E-state index in [0.29, 0.717) is 6.54 Å². The average Bonchev–Trinajstić information content (AvgIpc) is 2.39. The molecule has 0 spiro atoms. The van der Waals surface area contributed by atoms with Crippen LogP contribution in [0.1, 0.15) is 34.6 Å². The molecule has 1 aromatic rings. The van der Waals surface area contributed by atoms with Crippen molar-refractivity contribution in [2.24, 2.45) is 5.92 Å². The molecule has 106 valence electrons. The Balaban J connectivity index is 3.06. The topological polar surface area (TPSA) is 37.4 Å². The maximum Gasteiger partial charge on any atom is 0.155 e. The van der Waals surface area contributed by atoms with E-state index in [1.807, 2.05) is 51.1 Å². The lowest BCUT2D eigenvalue weighted by molar-refractivity contribution is -0.123. The van der Waals surface area contributed by atoms with Gasteiger partial charge in [0.2, 0.25) is 0 Å². The first-order valence-corrected chi connectivity index (χ1v) is 7.72. The highest BCUT2D eigenvalue weighted by atomic mass is 32.2. The van der Waals surface area contributed by atoms with Crippen LogP contribution in [0.4, 0.5) is 5.69 Å². The summed E-state index contributed by atoms with van der Waals surface area (Å²) in [6, 6.07) is 9.57. The van der Waals surface area contributed by atoms with Gasteiger partial charge in [0.25, 0.3) is 0 Å². The van der Waals surface area contributed by atoms with Crippen LogP contribution in [-0.4, -0.2) is 21.3 Å². The number of hydrogen-bond acceptors (Lipinski definition) is 2. The third kappa shape index (κ3) is 3.44. The van der Waals surface area contributed by atoms with Crippen molar-refractivity contribution in [1.29, 1.82) is 0 Å². The van der Waals surface area contributed by atoms with Gasteiger partial charge in [0.05, 0.1) is 0 Å². The molecule has 0 N–H and O–H groups in total. The number of benzene rings is 1. The molecule has 1 aromatic carbocycles. The predicted molar refractivity (Wildman–Crippen MR) is 81.5 cm³/mol. The molecule has 0 saturated carbocycles. The average molecular weight is 281 g/mol. The zero-order valence-electron chi connectivity index (χ0n) is 12.3. The van der Waals surface area contributed by atoms with Crippen LogP contribution in [0, 0.1) is 5.92 Å². The number of ketones is 1. The van der Waals surface area contributed by atoms with E-state index in [2.05, 4.69) is 0 Å². The fourth-order valence-electron chi connectivity index (χ4n) is 2.05. The summed E-state index contributed by atoms with van der Waals surface area (Å²) in [4.78, 5) is 12.2. The van der Waals surface area contributed by atoms with Crippen LogP contribution in [0.5, 0.6) is 0 Å². The Bertz CT molecular complexity index is 454. The van der Waals surface area contributed by atoms with Crippen molar-refractivity contribution in [1.82, 2.24) is 0 Å². The zero-order valence-corrected chi connectivity index (χ0v) is 13.2. The lowest BCUT2D eigenvalue weighted by atomic mass is 9.98. The normalized spacial score (nSPS) is 13.4. The first kappa shape index (κ1) is 15.9. The van der Waals surface area contributed by atoms with Gasteiger partial charge in [-0.25, -0.2) is 4.21 Å². The highest BCUT2D eigenvalue weighted by Gasteiger charge is 2.38. The number of nitrogens with zero attached hydrogens (tertiary/aromatic N) is 1. The minimum Gasteiger partial charge on any atom is -0.298 e. The molecule has 0 aromatic heterocycles. The lowest BCUT2D eigenvalue weighted by Gasteiger charge is -2.32. The van der Waals surface area contributed by atoms with E-state index >= 15 is 0 Å². The Morgan fingerprint density at radius 1 is 1.26 bits per heavy atom. The van der Waals surface area contributed by atoms with Crippen molar-refractivity contribution in [3.05, 3.63) is 30.3 Å². The van der Waals surface area contributed by atoms with E-state index in [1.165, 1.54) is 0 Å². The van der Waals surface area contributed by atoms with Crippen molar-refractivity contribution in [3.63, 3.8) is 0 Å². The summed E-state index contributed by atoms with van der Waals surface area (Å²) in [7, 11) is -1.39. The molecule has 19 heavy (non-hydrogen) atoms. The van der Waals surface area contributed by atoms with Crippen LogP contribution in [0.15, 0.2) is 30.3 Å². The summed E-state index contributed by atoms with van der Waals surface area (Å²) in [5.41, 5.74) is 0.882. The smallest absolute Gasteiger partial charge is 0.155 e. The standard InChI is InChI=1S/C15H23NO2S/c1-6-16(13-10-8-7-9-11-13)19(18)15(4,5)14(17)12(2)3/h7-12H,6H2,1-5H3.